The van der Waals surface area contributed by atoms with Crippen LogP contribution in [0.3, 0.4) is 0 Å². The van der Waals surface area contributed by atoms with Crippen molar-refractivity contribution in [2.45, 2.75) is 13.3 Å². The number of hydrogen-bond donors (Lipinski definition) is 0. The van der Waals surface area contributed by atoms with Gasteiger partial charge in [0.15, 0.2) is 0 Å². The summed E-state index contributed by atoms with van der Waals surface area (Å²) in [5.74, 6) is -0.102. The van der Waals surface area contributed by atoms with E-state index in [1.807, 2.05) is 6.07 Å². The molecule has 0 saturated heterocycles. The van der Waals surface area contributed by atoms with Crippen LogP contribution in [0, 0.1) is 5.82 Å². The molecular weight excluding hydrogens is 319 g/mol. The van der Waals surface area contributed by atoms with Crippen LogP contribution in [0.5, 0.6) is 0 Å². The van der Waals surface area contributed by atoms with E-state index in [2.05, 4.69) is 6.92 Å². The van der Waals surface area contributed by atoms with E-state index < -0.39 is 0 Å². The fourth-order valence-electron chi connectivity index (χ4n) is 0.888. The number of hydrogen-bond acceptors (Lipinski definition) is 0. The molecule has 0 amide bonds. The zero-order valence-electron chi connectivity index (χ0n) is 5.89. The number of rotatable bonds is 1. The fraction of sp³-hybridized carbons (Fsp3) is 0.250. The third-order valence-electron chi connectivity index (χ3n) is 1.49. The molecule has 1 aromatic carbocycles. The van der Waals surface area contributed by atoms with Crippen LogP contribution in [-0.4, -0.2) is 25.8 Å². The van der Waals surface area contributed by atoms with Crippen molar-refractivity contribution in [1.29, 1.82) is 0 Å². The first-order chi connectivity index (χ1) is 4.74. The maximum atomic E-state index is 12.5. The van der Waals surface area contributed by atoms with Crippen LogP contribution in [0.4, 0.5) is 4.39 Å². The minimum atomic E-state index is -0.102. The Morgan fingerprint density at radius 3 is 2.70 bits per heavy atom. The van der Waals surface area contributed by atoms with Crippen LogP contribution in [0.25, 0.3) is 0 Å². The standard InChI is InChI=1S/C8H8F.Tl/c1-2-7-3-5-8(9)6-4-7;/h3,5-6H,2H2,1H3;. The zero-order chi connectivity index (χ0) is 7.56. The van der Waals surface area contributed by atoms with Gasteiger partial charge >= 0.3 is 76.2 Å². The van der Waals surface area contributed by atoms with Crippen molar-refractivity contribution in [2.24, 2.45) is 0 Å². The van der Waals surface area contributed by atoms with Gasteiger partial charge < -0.3 is 0 Å². The van der Waals surface area contributed by atoms with E-state index in [0.717, 1.165) is 32.2 Å². The summed E-state index contributed by atoms with van der Waals surface area (Å²) in [5, 5.41) is 0. The second kappa shape index (κ2) is 3.46. The Labute approximate surface area is 76.1 Å². The van der Waals surface area contributed by atoms with Gasteiger partial charge in [-0.25, -0.2) is 0 Å². The Hall–Kier alpha value is 0.0721. The quantitative estimate of drug-likeness (QED) is 0.680. The molecule has 0 aromatic heterocycles. The van der Waals surface area contributed by atoms with Gasteiger partial charge in [0, 0.05) is 0 Å². The molecule has 0 spiro atoms. The van der Waals surface area contributed by atoms with Gasteiger partial charge in [-0.3, -0.25) is 0 Å². The predicted octanol–water partition coefficient (Wildman–Crippen LogP) is 1.18. The van der Waals surface area contributed by atoms with Crippen molar-refractivity contribution in [3.8, 4) is 0 Å². The SMILES string of the molecule is CCc1ccc(F)c[c]1[Tl]. The molecule has 0 saturated carbocycles. The van der Waals surface area contributed by atoms with E-state index in [1.54, 1.807) is 6.07 Å². The van der Waals surface area contributed by atoms with E-state index >= 15 is 0 Å². The predicted molar refractivity (Wildman–Crippen MR) is 41.2 cm³/mol. The average Bonchev–Trinajstić information content (AvgIpc) is 1.88. The molecule has 2 heteroatoms. The molecule has 0 aliphatic rings. The zero-order valence-corrected chi connectivity index (χ0v) is 10.4. The van der Waals surface area contributed by atoms with Gasteiger partial charge in [-0.15, -0.1) is 0 Å². The van der Waals surface area contributed by atoms with E-state index in [9.17, 15) is 4.39 Å². The van der Waals surface area contributed by atoms with Gasteiger partial charge in [0.05, 0.1) is 0 Å². The Kier molecular flexibility index (Phi) is 2.83. The maximum absolute atomic E-state index is 12.5. The van der Waals surface area contributed by atoms with Gasteiger partial charge in [0.25, 0.3) is 0 Å². The summed E-state index contributed by atoms with van der Waals surface area (Å²) in [5.41, 5.74) is 1.30. The summed E-state index contributed by atoms with van der Waals surface area (Å²) in [6, 6.07) is 5.05. The third kappa shape index (κ3) is 1.78. The first kappa shape index (κ1) is 8.17. The van der Waals surface area contributed by atoms with Crippen molar-refractivity contribution >= 4 is 28.9 Å². The second-order valence-electron chi connectivity index (χ2n) is 2.20. The molecule has 0 unspecified atom stereocenters. The van der Waals surface area contributed by atoms with Crippen LogP contribution in [0.1, 0.15) is 12.5 Å². The van der Waals surface area contributed by atoms with Crippen molar-refractivity contribution < 1.29 is 4.39 Å². The van der Waals surface area contributed by atoms with Crippen LogP contribution in [0.2, 0.25) is 0 Å². The molecule has 0 aliphatic carbocycles. The third-order valence-corrected chi connectivity index (χ3v) is 3.58. The molecule has 0 atom stereocenters. The van der Waals surface area contributed by atoms with E-state index in [0.29, 0.717) is 0 Å². The molecule has 0 nitrogen and oxygen atoms in total. The van der Waals surface area contributed by atoms with Crippen molar-refractivity contribution in [2.75, 3.05) is 0 Å². The summed E-state index contributed by atoms with van der Waals surface area (Å²) in [6.45, 7) is 2.10. The van der Waals surface area contributed by atoms with Gasteiger partial charge in [-0.1, -0.05) is 0 Å². The number of benzene rings is 1. The minimum absolute atomic E-state index is 0.102. The van der Waals surface area contributed by atoms with Gasteiger partial charge in [-0.05, 0) is 0 Å². The monoisotopic (exact) mass is 328 g/mol. The first-order valence-corrected chi connectivity index (χ1v) is 5.52. The molecule has 1 rings (SSSR count). The molecule has 0 fully saturated rings. The summed E-state index contributed by atoms with van der Waals surface area (Å²) < 4.78 is 13.7. The molecule has 0 N–H and O–H groups in total. The number of halogens is 1. The second-order valence-corrected chi connectivity index (χ2v) is 4.61. The van der Waals surface area contributed by atoms with Gasteiger partial charge in [0.2, 0.25) is 0 Å². The Morgan fingerprint density at radius 2 is 2.20 bits per heavy atom. The fourth-order valence-corrected chi connectivity index (χ4v) is 2.67. The molecule has 0 heterocycles. The molecule has 1 aromatic rings. The molecule has 0 bridgehead atoms. The number of aryl methyl sites for hydroxylation is 1. The molecule has 10 heavy (non-hydrogen) atoms. The Balaban J connectivity index is 3.07. The van der Waals surface area contributed by atoms with Crippen LogP contribution in [0.15, 0.2) is 18.2 Å². The molecule has 50 valence electrons. The summed E-state index contributed by atoms with van der Waals surface area (Å²) in [7, 11) is 0. The van der Waals surface area contributed by atoms with E-state index in [-0.39, 0.29) is 5.82 Å². The molecular formula is C8H8FTl. The van der Waals surface area contributed by atoms with Crippen molar-refractivity contribution in [3.63, 3.8) is 0 Å². The van der Waals surface area contributed by atoms with Crippen LogP contribution < -0.4 is 3.12 Å². The topological polar surface area (TPSA) is 0 Å². The Morgan fingerprint density at radius 1 is 1.50 bits per heavy atom. The summed E-state index contributed by atoms with van der Waals surface area (Å²) in [4.78, 5) is 0. The van der Waals surface area contributed by atoms with Gasteiger partial charge in [-0.2, -0.15) is 0 Å². The van der Waals surface area contributed by atoms with E-state index in [1.165, 1.54) is 14.8 Å². The molecule has 0 radical (unpaired) electrons. The Bertz CT molecular complexity index is 233. The first-order valence-electron chi connectivity index (χ1n) is 3.28. The molecule has 0 aliphatic heterocycles. The summed E-state index contributed by atoms with van der Waals surface area (Å²) in [6.07, 6.45) is 1.02. The normalized spacial score (nSPS) is 9.70. The summed E-state index contributed by atoms with van der Waals surface area (Å²) >= 11 is 0.746. The van der Waals surface area contributed by atoms with E-state index in [4.69, 9.17) is 0 Å². The van der Waals surface area contributed by atoms with Crippen molar-refractivity contribution in [3.05, 3.63) is 29.6 Å². The van der Waals surface area contributed by atoms with Crippen LogP contribution >= 0.6 is 0 Å². The van der Waals surface area contributed by atoms with Crippen molar-refractivity contribution in [1.82, 2.24) is 0 Å². The van der Waals surface area contributed by atoms with Crippen LogP contribution in [-0.2, 0) is 6.42 Å². The van der Waals surface area contributed by atoms with Gasteiger partial charge in [0.1, 0.15) is 0 Å². The average molecular weight is 328 g/mol.